The van der Waals surface area contributed by atoms with E-state index in [2.05, 4.69) is 5.32 Å². The van der Waals surface area contributed by atoms with Crippen LogP contribution in [-0.4, -0.2) is 29.6 Å². The number of anilines is 1. The van der Waals surface area contributed by atoms with Gasteiger partial charge >= 0.3 is 12.1 Å². The van der Waals surface area contributed by atoms with Crippen LogP contribution < -0.4 is 5.32 Å². The van der Waals surface area contributed by atoms with E-state index in [1.165, 1.54) is 6.07 Å². The maximum atomic E-state index is 12.7. The van der Waals surface area contributed by atoms with E-state index in [-0.39, 0.29) is 0 Å². The van der Waals surface area contributed by atoms with Crippen molar-refractivity contribution in [1.29, 1.82) is 0 Å². The van der Waals surface area contributed by atoms with Crippen LogP contribution in [0.4, 0.5) is 18.9 Å². The van der Waals surface area contributed by atoms with Gasteiger partial charge in [-0.05, 0) is 43.0 Å². The molecule has 118 valence electrons. The molecule has 1 aromatic carbocycles. The van der Waals surface area contributed by atoms with Crippen LogP contribution in [0.5, 0.6) is 0 Å². The van der Waals surface area contributed by atoms with Gasteiger partial charge in [0, 0.05) is 12.2 Å². The molecule has 0 heterocycles. The lowest BCUT2D eigenvalue weighted by atomic mass is 10.1. The van der Waals surface area contributed by atoms with E-state index in [1.54, 1.807) is 11.8 Å². The Labute approximate surface area is 125 Å². The number of thioether (sulfide) groups is 1. The maximum absolute atomic E-state index is 12.7. The summed E-state index contributed by atoms with van der Waals surface area (Å²) < 4.78 is 38.0. The summed E-state index contributed by atoms with van der Waals surface area (Å²) in [6.07, 6.45) is 0.387. The fourth-order valence-corrected chi connectivity index (χ4v) is 2.35. The molecule has 2 N–H and O–H groups in total. The Bertz CT molecular complexity index is 478. The number of halogens is 3. The van der Waals surface area contributed by atoms with E-state index in [4.69, 9.17) is 5.11 Å². The Kier molecular flexibility index (Phi) is 6.87. The number of benzene rings is 1. The first-order valence-electron chi connectivity index (χ1n) is 6.53. The molecule has 0 aliphatic carbocycles. The number of hydrogen-bond donors (Lipinski definition) is 2. The fourth-order valence-electron chi connectivity index (χ4n) is 1.86. The van der Waals surface area contributed by atoms with Crippen LogP contribution in [-0.2, 0) is 6.18 Å². The van der Waals surface area contributed by atoms with Gasteiger partial charge in [0.2, 0.25) is 0 Å². The van der Waals surface area contributed by atoms with Gasteiger partial charge in [0.15, 0.2) is 0 Å². The Balaban J connectivity index is 2.65. The highest BCUT2D eigenvalue weighted by Gasteiger charge is 2.35. The Hall–Kier alpha value is -1.37. The molecule has 0 radical (unpaired) electrons. The lowest BCUT2D eigenvalue weighted by Gasteiger charge is -2.13. The lowest BCUT2D eigenvalue weighted by molar-refractivity contribution is -0.138. The van der Waals surface area contributed by atoms with E-state index in [9.17, 15) is 18.0 Å². The average molecular weight is 321 g/mol. The second-order valence-corrected chi connectivity index (χ2v) is 5.53. The Morgan fingerprint density at radius 2 is 2.00 bits per heavy atom. The molecule has 7 heteroatoms. The molecule has 1 rings (SSSR count). The minimum Gasteiger partial charge on any atom is -0.478 e. The van der Waals surface area contributed by atoms with Crippen LogP contribution >= 0.6 is 11.8 Å². The number of hydrogen-bond acceptors (Lipinski definition) is 3. The third-order valence-electron chi connectivity index (χ3n) is 2.91. The standard InChI is InChI=1S/C14H18F3NO2S/c1-21-8-4-2-3-7-18-10-5-6-12(14(15,16)17)11(9-10)13(19)20/h5-6,9,18H,2-4,7-8H2,1H3,(H,19,20). The summed E-state index contributed by atoms with van der Waals surface area (Å²) in [4.78, 5) is 10.9. The van der Waals surface area contributed by atoms with E-state index in [0.29, 0.717) is 12.2 Å². The third kappa shape index (κ3) is 5.87. The largest absolute Gasteiger partial charge is 0.478 e. The monoisotopic (exact) mass is 321 g/mol. The van der Waals surface area contributed by atoms with Crippen molar-refractivity contribution in [3.8, 4) is 0 Å². The normalized spacial score (nSPS) is 11.4. The number of carboxylic acid groups (broad SMARTS) is 1. The highest BCUT2D eigenvalue weighted by molar-refractivity contribution is 7.98. The van der Waals surface area contributed by atoms with E-state index >= 15 is 0 Å². The first-order valence-corrected chi connectivity index (χ1v) is 7.93. The van der Waals surface area contributed by atoms with Crippen LogP contribution in [0, 0.1) is 0 Å². The average Bonchev–Trinajstić information content (AvgIpc) is 2.41. The van der Waals surface area contributed by atoms with Crippen LogP contribution in [0.3, 0.4) is 0 Å². The van der Waals surface area contributed by atoms with E-state index < -0.39 is 23.3 Å². The number of aromatic carboxylic acids is 1. The number of carboxylic acids is 1. The summed E-state index contributed by atoms with van der Waals surface area (Å²) in [7, 11) is 0. The number of alkyl halides is 3. The van der Waals surface area contributed by atoms with Crippen molar-refractivity contribution >= 4 is 23.4 Å². The minimum absolute atomic E-state index is 0.394. The molecule has 0 bridgehead atoms. The van der Waals surface area contributed by atoms with Crippen LogP contribution in [0.2, 0.25) is 0 Å². The first-order chi connectivity index (χ1) is 9.86. The molecule has 1 aromatic rings. The highest BCUT2D eigenvalue weighted by atomic mass is 32.2. The van der Waals surface area contributed by atoms with Gasteiger partial charge in [0.05, 0.1) is 11.1 Å². The molecule has 0 amide bonds. The molecule has 0 aromatic heterocycles. The second kappa shape index (κ2) is 8.17. The summed E-state index contributed by atoms with van der Waals surface area (Å²) in [5.74, 6) is -0.491. The first kappa shape index (κ1) is 17.7. The fraction of sp³-hybridized carbons (Fsp3) is 0.500. The van der Waals surface area contributed by atoms with Crippen LogP contribution in [0.1, 0.15) is 35.2 Å². The Morgan fingerprint density at radius 1 is 1.29 bits per heavy atom. The topological polar surface area (TPSA) is 49.3 Å². The van der Waals surface area contributed by atoms with E-state index in [0.717, 1.165) is 37.1 Å². The van der Waals surface area contributed by atoms with Crippen molar-refractivity contribution in [1.82, 2.24) is 0 Å². The quantitative estimate of drug-likeness (QED) is 0.699. The zero-order valence-electron chi connectivity index (χ0n) is 11.7. The molecule has 0 aliphatic rings. The minimum atomic E-state index is -4.66. The van der Waals surface area contributed by atoms with Gasteiger partial charge in [-0.1, -0.05) is 6.42 Å². The predicted molar refractivity (Wildman–Crippen MR) is 79.1 cm³/mol. The molecule has 3 nitrogen and oxygen atoms in total. The molecule has 0 atom stereocenters. The van der Waals surface area contributed by atoms with Crippen molar-refractivity contribution in [2.75, 3.05) is 23.9 Å². The van der Waals surface area contributed by atoms with Crippen LogP contribution in [0.25, 0.3) is 0 Å². The summed E-state index contributed by atoms with van der Waals surface area (Å²) in [6, 6.07) is 3.10. The van der Waals surface area contributed by atoms with Gasteiger partial charge < -0.3 is 10.4 Å². The van der Waals surface area contributed by atoms with Crippen molar-refractivity contribution < 1.29 is 23.1 Å². The van der Waals surface area contributed by atoms with Crippen molar-refractivity contribution in [2.24, 2.45) is 0 Å². The molecule has 0 fully saturated rings. The molecule has 0 aliphatic heterocycles. The number of carbonyl (C=O) groups is 1. The zero-order valence-corrected chi connectivity index (χ0v) is 12.5. The van der Waals surface area contributed by atoms with Gasteiger partial charge in [0.25, 0.3) is 0 Å². The number of nitrogens with one attached hydrogen (secondary N) is 1. The van der Waals surface area contributed by atoms with Crippen molar-refractivity contribution in [3.63, 3.8) is 0 Å². The molecular weight excluding hydrogens is 303 g/mol. The molecule has 0 saturated carbocycles. The summed E-state index contributed by atoms with van der Waals surface area (Å²) in [6.45, 7) is 0.610. The smallest absolute Gasteiger partial charge is 0.417 e. The van der Waals surface area contributed by atoms with Gasteiger partial charge in [-0.3, -0.25) is 0 Å². The predicted octanol–water partition coefficient (Wildman–Crippen LogP) is 4.35. The number of rotatable bonds is 8. The second-order valence-electron chi connectivity index (χ2n) is 4.54. The summed E-state index contributed by atoms with van der Waals surface area (Å²) in [5, 5.41) is 11.9. The maximum Gasteiger partial charge on any atom is 0.417 e. The molecular formula is C14H18F3NO2S. The van der Waals surface area contributed by atoms with E-state index in [1.807, 2.05) is 6.26 Å². The summed E-state index contributed by atoms with van der Waals surface area (Å²) >= 11 is 1.77. The SMILES string of the molecule is CSCCCCCNc1ccc(C(F)(F)F)c(C(=O)O)c1. The van der Waals surface area contributed by atoms with Crippen LogP contribution in [0.15, 0.2) is 18.2 Å². The van der Waals surface area contributed by atoms with Crippen molar-refractivity contribution in [3.05, 3.63) is 29.3 Å². The molecule has 0 unspecified atom stereocenters. The van der Waals surface area contributed by atoms with Crippen molar-refractivity contribution in [2.45, 2.75) is 25.4 Å². The molecule has 21 heavy (non-hydrogen) atoms. The van der Waals surface area contributed by atoms with Gasteiger partial charge in [0.1, 0.15) is 0 Å². The third-order valence-corrected chi connectivity index (χ3v) is 3.61. The zero-order chi connectivity index (χ0) is 15.9. The Morgan fingerprint density at radius 3 is 2.57 bits per heavy atom. The molecule has 0 spiro atoms. The highest BCUT2D eigenvalue weighted by Crippen LogP contribution is 2.33. The molecule has 0 saturated heterocycles. The van der Waals surface area contributed by atoms with Gasteiger partial charge in [-0.2, -0.15) is 24.9 Å². The van der Waals surface area contributed by atoms with Gasteiger partial charge in [-0.15, -0.1) is 0 Å². The summed E-state index contributed by atoms with van der Waals surface area (Å²) in [5.41, 5.74) is -1.46. The number of unbranched alkanes of at least 4 members (excludes halogenated alkanes) is 2. The lowest BCUT2D eigenvalue weighted by Crippen LogP contribution is -2.13. The van der Waals surface area contributed by atoms with Gasteiger partial charge in [-0.25, -0.2) is 4.79 Å².